The minimum Gasteiger partial charge on any atom is -0.370 e. The van der Waals surface area contributed by atoms with Crippen molar-refractivity contribution in [1.82, 2.24) is 9.29 Å². The third-order valence-corrected chi connectivity index (χ3v) is 6.88. The van der Waals surface area contributed by atoms with Gasteiger partial charge < -0.3 is 10.2 Å². The van der Waals surface area contributed by atoms with Crippen LogP contribution in [-0.2, 0) is 10.0 Å². The number of hydrogen-bond acceptors (Lipinski definition) is 5. The van der Waals surface area contributed by atoms with Crippen LogP contribution < -0.4 is 10.2 Å². The van der Waals surface area contributed by atoms with Gasteiger partial charge in [0.2, 0.25) is 10.0 Å². The van der Waals surface area contributed by atoms with E-state index in [-0.39, 0.29) is 10.8 Å². The number of benzene rings is 1. The Morgan fingerprint density at radius 3 is 2.17 bits per heavy atom. The van der Waals surface area contributed by atoms with E-state index >= 15 is 0 Å². The Hall–Kier alpha value is -2.45. The Kier molecular flexibility index (Phi) is 7.75. The number of nitrogens with zero attached hydrogens (tertiary/aromatic N) is 3. The average molecular weight is 419 g/mol. The Labute approximate surface area is 173 Å². The molecule has 2 rings (SSSR count). The molecule has 1 N–H and O–H groups in total. The normalized spacial score (nSPS) is 11.5. The number of amides is 1. The van der Waals surface area contributed by atoms with Crippen LogP contribution >= 0.6 is 0 Å². The van der Waals surface area contributed by atoms with E-state index in [1.807, 2.05) is 20.8 Å². The molecular weight excluding hydrogens is 388 g/mol. The Morgan fingerprint density at radius 2 is 1.66 bits per heavy atom. The predicted molar refractivity (Wildman–Crippen MR) is 117 cm³/mol. The quantitative estimate of drug-likeness (QED) is 0.674. The van der Waals surface area contributed by atoms with Crippen LogP contribution in [0.1, 0.15) is 43.7 Å². The molecule has 0 atom stereocenters. The molecule has 8 heteroatoms. The summed E-state index contributed by atoms with van der Waals surface area (Å²) >= 11 is 0. The first-order chi connectivity index (χ1) is 13.8. The molecule has 1 aromatic heterocycles. The maximum atomic E-state index is 12.9. The summed E-state index contributed by atoms with van der Waals surface area (Å²) in [6, 6.07) is 8.37. The first kappa shape index (κ1) is 22.8. The Balaban J connectivity index is 2.50. The zero-order chi connectivity index (χ0) is 21.6. The fourth-order valence-electron chi connectivity index (χ4n) is 3.12. The lowest BCUT2D eigenvalue weighted by molar-refractivity contribution is 0.102. The van der Waals surface area contributed by atoms with Crippen molar-refractivity contribution in [2.45, 2.75) is 39.5 Å². The van der Waals surface area contributed by atoms with Gasteiger partial charge >= 0.3 is 0 Å². The van der Waals surface area contributed by atoms with Crippen molar-refractivity contribution in [3.8, 4) is 0 Å². The smallest absolute Gasteiger partial charge is 0.257 e. The van der Waals surface area contributed by atoms with Crippen molar-refractivity contribution in [2.75, 3.05) is 36.4 Å². The van der Waals surface area contributed by atoms with E-state index in [0.29, 0.717) is 24.3 Å². The van der Waals surface area contributed by atoms with Gasteiger partial charge in [-0.05, 0) is 51.1 Å². The van der Waals surface area contributed by atoms with Crippen molar-refractivity contribution < 1.29 is 13.2 Å². The van der Waals surface area contributed by atoms with E-state index in [0.717, 1.165) is 24.5 Å². The highest BCUT2D eigenvalue weighted by atomic mass is 32.2. The average Bonchev–Trinajstić information content (AvgIpc) is 2.71. The third kappa shape index (κ3) is 5.13. The molecule has 0 fully saturated rings. The number of rotatable bonds is 9. The third-order valence-electron chi connectivity index (χ3n) is 4.84. The summed E-state index contributed by atoms with van der Waals surface area (Å²) in [5, 5.41) is 2.88. The molecule has 0 saturated heterocycles. The number of carbonyl (C=O) groups is 1. The molecule has 0 aliphatic heterocycles. The Morgan fingerprint density at radius 1 is 1.00 bits per heavy atom. The molecule has 2 aromatic rings. The molecule has 29 heavy (non-hydrogen) atoms. The lowest BCUT2D eigenvalue weighted by atomic mass is 10.2. The lowest BCUT2D eigenvalue weighted by Crippen LogP contribution is -2.31. The van der Waals surface area contributed by atoms with Gasteiger partial charge in [-0.25, -0.2) is 8.42 Å². The number of anilines is 2. The minimum atomic E-state index is -3.63. The summed E-state index contributed by atoms with van der Waals surface area (Å²) in [4.78, 5) is 19.1. The van der Waals surface area contributed by atoms with Crippen LogP contribution in [0.2, 0.25) is 0 Å². The van der Waals surface area contributed by atoms with E-state index in [1.54, 1.807) is 44.2 Å². The zero-order valence-electron chi connectivity index (χ0n) is 17.8. The standard InChI is InChI=1S/C21H30N4O3S/c1-6-24(7-2)20-13-12-18(29(27,28)25(8-3)9-4)14-19(20)23-21(26)17-11-10-16(5)22-15-17/h10-15H,6-9H2,1-5H3,(H,23,26). The van der Waals surface area contributed by atoms with Crippen LogP contribution in [0, 0.1) is 6.92 Å². The van der Waals surface area contributed by atoms with E-state index in [9.17, 15) is 13.2 Å². The number of carbonyl (C=O) groups excluding carboxylic acids is 1. The molecule has 1 heterocycles. The number of nitrogens with one attached hydrogen (secondary N) is 1. The molecule has 1 amide bonds. The van der Waals surface area contributed by atoms with Gasteiger partial charge in [0.05, 0.1) is 21.8 Å². The maximum Gasteiger partial charge on any atom is 0.257 e. The number of aromatic nitrogens is 1. The molecule has 0 radical (unpaired) electrons. The van der Waals surface area contributed by atoms with Gasteiger partial charge in [0.25, 0.3) is 5.91 Å². The van der Waals surface area contributed by atoms with Crippen LogP contribution in [0.25, 0.3) is 0 Å². The monoisotopic (exact) mass is 418 g/mol. The Bertz CT molecular complexity index is 935. The molecule has 0 unspecified atom stereocenters. The number of hydrogen-bond donors (Lipinski definition) is 1. The van der Waals surface area contributed by atoms with E-state index in [4.69, 9.17) is 0 Å². The number of aryl methyl sites for hydroxylation is 1. The van der Waals surface area contributed by atoms with E-state index in [2.05, 4.69) is 15.2 Å². The zero-order valence-corrected chi connectivity index (χ0v) is 18.6. The fourth-order valence-corrected chi connectivity index (χ4v) is 4.61. The van der Waals surface area contributed by atoms with Crippen molar-refractivity contribution in [2.24, 2.45) is 0 Å². The van der Waals surface area contributed by atoms with Gasteiger partial charge in [0, 0.05) is 38.1 Å². The molecular formula is C21H30N4O3S. The van der Waals surface area contributed by atoms with E-state index in [1.165, 1.54) is 10.5 Å². The van der Waals surface area contributed by atoms with Crippen LogP contribution in [0.15, 0.2) is 41.4 Å². The lowest BCUT2D eigenvalue weighted by Gasteiger charge is -2.26. The molecule has 0 spiro atoms. The molecule has 7 nitrogen and oxygen atoms in total. The van der Waals surface area contributed by atoms with Crippen molar-refractivity contribution >= 4 is 27.3 Å². The predicted octanol–water partition coefficient (Wildman–Crippen LogP) is 3.52. The molecule has 0 aliphatic carbocycles. The SMILES string of the molecule is CCN(CC)c1ccc(S(=O)(=O)N(CC)CC)cc1NC(=O)c1ccc(C)nc1. The summed E-state index contributed by atoms with van der Waals surface area (Å²) in [6.45, 7) is 11.7. The highest BCUT2D eigenvalue weighted by Crippen LogP contribution is 2.30. The summed E-state index contributed by atoms with van der Waals surface area (Å²) in [5.41, 5.74) is 2.48. The summed E-state index contributed by atoms with van der Waals surface area (Å²) < 4.78 is 27.3. The molecule has 158 valence electrons. The van der Waals surface area contributed by atoms with Gasteiger partial charge in [-0.15, -0.1) is 0 Å². The van der Waals surface area contributed by atoms with Gasteiger partial charge in [0.15, 0.2) is 0 Å². The summed E-state index contributed by atoms with van der Waals surface area (Å²) in [7, 11) is -3.63. The topological polar surface area (TPSA) is 82.6 Å². The second kappa shape index (κ2) is 9.84. The minimum absolute atomic E-state index is 0.162. The fraction of sp³-hybridized carbons (Fsp3) is 0.429. The van der Waals surface area contributed by atoms with Gasteiger partial charge in [0.1, 0.15) is 0 Å². The van der Waals surface area contributed by atoms with Crippen LogP contribution in [-0.4, -0.2) is 49.8 Å². The summed E-state index contributed by atoms with van der Waals surface area (Å²) in [6.07, 6.45) is 1.51. The van der Waals surface area contributed by atoms with Gasteiger partial charge in [-0.3, -0.25) is 9.78 Å². The van der Waals surface area contributed by atoms with Crippen molar-refractivity contribution in [3.05, 3.63) is 47.8 Å². The molecule has 0 saturated carbocycles. The number of sulfonamides is 1. The van der Waals surface area contributed by atoms with Crippen LogP contribution in [0.3, 0.4) is 0 Å². The van der Waals surface area contributed by atoms with Crippen molar-refractivity contribution in [3.63, 3.8) is 0 Å². The highest BCUT2D eigenvalue weighted by Gasteiger charge is 2.24. The van der Waals surface area contributed by atoms with Crippen molar-refractivity contribution in [1.29, 1.82) is 0 Å². The van der Waals surface area contributed by atoms with E-state index < -0.39 is 10.0 Å². The van der Waals surface area contributed by atoms with Gasteiger partial charge in [-0.1, -0.05) is 13.8 Å². The molecule has 1 aromatic carbocycles. The number of pyridine rings is 1. The summed E-state index contributed by atoms with van der Waals surface area (Å²) in [5.74, 6) is -0.330. The highest BCUT2D eigenvalue weighted by molar-refractivity contribution is 7.89. The first-order valence-electron chi connectivity index (χ1n) is 9.91. The maximum absolute atomic E-state index is 12.9. The second-order valence-electron chi connectivity index (χ2n) is 6.58. The van der Waals surface area contributed by atoms with Gasteiger partial charge in [-0.2, -0.15) is 4.31 Å². The largest absolute Gasteiger partial charge is 0.370 e. The van der Waals surface area contributed by atoms with Crippen LogP contribution in [0.4, 0.5) is 11.4 Å². The first-order valence-corrected chi connectivity index (χ1v) is 11.4. The molecule has 0 aliphatic rings. The second-order valence-corrected chi connectivity index (χ2v) is 8.52. The van der Waals surface area contributed by atoms with Crippen LogP contribution in [0.5, 0.6) is 0 Å². The molecule has 0 bridgehead atoms.